The molecule has 0 amide bonds. The van der Waals surface area contributed by atoms with E-state index < -0.39 is 0 Å². The fraction of sp³-hybridized carbons (Fsp3) is 0.0833. The highest BCUT2D eigenvalue weighted by Crippen LogP contribution is 2.14. The molecule has 2 rings (SSSR count). The highest BCUT2D eigenvalue weighted by Gasteiger charge is 2.01. The Morgan fingerprint density at radius 1 is 1.33 bits per heavy atom. The minimum atomic E-state index is -0.0955. The molecule has 2 N–H and O–H groups in total. The van der Waals surface area contributed by atoms with Gasteiger partial charge in [-0.25, -0.2) is 4.98 Å². The van der Waals surface area contributed by atoms with Gasteiger partial charge >= 0.3 is 0 Å². The summed E-state index contributed by atoms with van der Waals surface area (Å²) in [5.41, 5.74) is 7.97. The Kier molecular flexibility index (Phi) is 2.65. The van der Waals surface area contributed by atoms with Gasteiger partial charge in [0.2, 0.25) is 0 Å². The maximum atomic E-state index is 5.83. The summed E-state index contributed by atoms with van der Waals surface area (Å²) >= 11 is 0. The van der Waals surface area contributed by atoms with Crippen molar-refractivity contribution in [1.29, 1.82) is 0 Å². The van der Waals surface area contributed by atoms with Gasteiger partial charge in [0.1, 0.15) is 0 Å². The van der Waals surface area contributed by atoms with Crippen LogP contribution >= 0.6 is 0 Å². The zero-order valence-corrected chi connectivity index (χ0v) is 8.38. The largest absolute Gasteiger partial charge is 0.321 e. The molecule has 15 heavy (non-hydrogen) atoms. The maximum Gasteiger partial charge on any atom is 0.0991 e. The summed E-state index contributed by atoms with van der Waals surface area (Å²) in [6, 6.07) is 7.94. The molecule has 1 unspecified atom stereocenters. The van der Waals surface area contributed by atoms with Gasteiger partial charge in [-0.3, -0.25) is 0 Å². The summed E-state index contributed by atoms with van der Waals surface area (Å²) in [5, 5.41) is 0. The first-order valence-electron chi connectivity index (χ1n) is 4.77. The van der Waals surface area contributed by atoms with Crippen molar-refractivity contribution in [2.75, 3.05) is 0 Å². The van der Waals surface area contributed by atoms with Gasteiger partial charge in [0.25, 0.3) is 0 Å². The Morgan fingerprint density at radius 2 is 2.07 bits per heavy atom. The third kappa shape index (κ3) is 1.97. The van der Waals surface area contributed by atoms with Crippen molar-refractivity contribution in [2.45, 2.75) is 6.04 Å². The average Bonchev–Trinajstić information content (AvgIpc) is 2.82. The van der Waals surface area contributed by atoms with E-state index in [1.165, 1.54) is 0 Å². The van der Waals surface area contributed by atoms with Crippen molar-refractivity contribution in [3.05, 3.63) is 61.2 Å². The molecule has 3 nitrogen and oxygen atoms in total. The average molecular weight is 199 g/mol. The Labute approximate surface area is 88.9 Å². The fourth-order valence-corrected chi connectivity index (χ4v) is 1.42. The summed E-state index contributed by atoms with van der Waals surface area (Å²) in [6.07, 6.45) is 7.15. The molecule has 0 aliphatic heterocycles. The molecule has 0 bridgehead atoms. The van der Waals surface area contributed by atoms with Crippen LogP contribution < -0.4 is 5.73 Å². The molecule has 3 heteroatoms. The molecule has 0 saturated carbocycles. The number of hydrogen-bond donors (Lipinski definition) is 1. The number of nitrogens with two attached hydrogens (primary N) is 1. The van der Waals surface area contributed by atoms with Gasteiger partial charge in [0, 0.05) is 24.1 Å². The van der Waals surface area contributed by atoms with Crippen LogP contribution in [0.2, 0.25) is 0 Å². The van der Waals surface area contributed by atoms with E-state index in [0.29, 0.717) is 0 Å². The Morgan fingerprint density at radius 3 is 2.60 bits per heavy atom. The first-order valence-corrected chi connectivity index (χ1v) is 4.77. The highest BCUT2D eigenvalue weighted by atomic mass is 15.0. The van der Waals surface area contributed by atoms with Crippen molar-refractivity contribution in [2.24, 2.45) is 5.73 Å². The van der Waals surface area contributed by atoms with Gasteiger partial charge in [-0.05, 0) is 17.7 Å². The lowest BCUT2D eigenvalue weighted by Crippen LogP contribution is -2.06. The second-order valence-electron chi connectivity index (χ2n) is 3.32. The van der Waals surface area contributed by atoms with Crippen LogP contribution in [0, 0.1) is 0 Å². The number of hydrogen-bond acceptors (Lipinski definition) is 2. The summed E-state index contributed by atoms with van der Waals surface area (Å²) in [7, 11) is 0. The van der Waals surface area contributed by atoms with Crippen molar-refractivity contribution < 1.29 is 0 Å². The number of aromatic nitrogens is 2. The van der Waals surface area contributed by atoms with E-state index in [0.717, 1.165) is 11.3 Å². The van der Waals surface area contributed by atoms with Crippen LogP contribution in [0.5, 0.6) is 0 Å². The van der Waals surface area contributed by atoms with Crippen LogP contribution in [0.1, 0.15) is 11.6 Å². The van der Waals surface area contributed by atoms with E-state index in [-0.39, 0.29) is 6.04 Å². The number of benzene rings is 1. The van der Waals surface area contributed by atoms with Gasteiger partial charge in [0.15, 0.2) is 0 Å². The lowest BCUT2D eigenvalue weighted by molar-refractivity contribution is 0.911. The summed E-state index contributed by atoms with van der Waals surface area (Å²) < 4.78 is 1.95. The second kappa shape index (κ2) is 4.11. The number of nitrogens with zero attached hydrogens (tertiary/aromatic N) is 2. The lowest BCUT2D eigenvalue weighted by Gasteiger charge is -2.07. The molecule has 0 aliphatic rings. The quantitative estimate of drug-likeness (QED) is 0.769. The van der Waals surface area contributed by atoms with E-state index >= 15 is 0 Å². The molecule has 1 aromatic heterocycles. The molecule has 0 spiro atoms. The van der Waals surface area contributed by atoms with Crippen LogP contribution in [-0.2, 0) is 0 Å². The van der Waals surface area contributed by atoms with Gasteiger partial charge in [-0.2, -0.15) is 0 Å². The van der Waals surface area contributed by atoms with Crippen LogP contribution in [-0.4, -0.2) is 9.55 Å². The molecule has 0 radical (unpaired) electrons. The van der Waals surface area contributed by atoms with E-state index in [1.807, 2.05) is 35.0 Å². The van der Waals surface area contributed by atoms with Crippen LogP contribution in [0.4, 0.5) is 0 Å². The van der Waals surface area contributed by atoms with E-state index in [2.05, 4.69) is 11.6 Å². The fourth-order valence-electron chi connectivity index (χ4n) is 1.42. The summed E-state index contributed by atoms with van der Waals surface area (Å²) in [5.74, 6) is 0. The first-order chi connectivity index (χ1) is 7.31. The first kappa shape index (κ1) is 9.68. The molecule has 1 heterocycles. The molecule has 1 atom stereocenters. The van der Waals surface area contributed by atoms with Crippen LogP contribution in [0.3, 0.4) is 0 Å². The molecular formula is C12H13N3. The van der Waals surface area contributed by atoms with E-state index in [9.17, 15) is 0 Å². The Hall–Kier alpha value is -1.87. The minimum absolute atomic E-state index is 0.0955. The molecule has 76 valence electrons. The Balaban J connectivity index is 2.28. The van der Waals surface area contributed by atoms with Crippen molar-refractivity contribution in [3.8, 4) is 5.69 Å². The predicted octanol–water partition coefficient (Wildman–Crippen LogP) is 2.06. The molecule has 0 saturated heterocycles. The molecule has 0 aliphatic carbocycles. The highest BCUT2D eigenvalue weighted by molar-refractivity contribution is 5.36. The van der Waals surface area contributed by atoms with Crippen LogP contribution in [0.15, 0.2) is 55.6 Å². The summed E-state index contributed by atoms with van der Waals surface area (Å²) in [4.78, 5) is 3.99. The van der Waals surface area contributed by atoms with Gasteiger partial charge in [-0.1, -0.05) is 18.2 Å². The maximum absolute atomic E-state index is 5.83. The molecule has 2 aromatic rings. The van der Waals surface area contributed by atoms with E-state index in [4.69, 9.17) is 5.73 Å². The van der Waals surface area contributed by atoms with E-state index in [1.54, 1.807) is 18.6 Å². The Bertz CT molecular complexity index is 428. The zero-order chi connectivity index (χ0) is 10.7. The molecule has 1 aromatic carbocycles. The van der Waals surface area contributed by atoms with Gasteiger partial charge in [-0.15, -0.1) is 6.58 Å². The molecule has 0 fully saturated rings. The van der Waals surface area contributed by atoms with Gasteiger partial charge < -0.3 is 10.3 Å². The van der Waals surface area contributed by atoms with Crippen LogP contribution in [0.25, 0.3) is 5.69 Å². The third-order valence-electron chi connectivity index (χ3n) is 2.33. The van der Waals surface area contributed by atoms with Gasteiger partial charge in [0.05, 0.1) is 6.33 Å². The zero-order valence-electron chi connectivity index (χ0n) is 8.38. The monoisotopic (exact) mass is 199 g/mol. The van der Waals surface area contributed by atoms with Crippen molar-refractivity contribution >= 4 is 0 Å². The normalized spacial score (nSPS) is 12.3. The standard InChI is InChI=1S/C12H13N3/c1-2-12(13)10-3-5-11(6-4-10)15-8-7-14-9-15/h2-9,12H,1,13H2. The smallest absolute Gasteiger partial charge is 0.0991 e. The number of rotatable bonds is 3. The SMILES string of the molecule is C=CC(N)c1ccc(-n2ccnc2)cc1. The van der Waals surface area contributed by atoms with Crippen molar-refractivity contribution in [3.63, 3.8) is 0 Å². The minimum Gasteiger partial charge on any atom is -0.321 e. The number of imidazole rings is 1. The van der Waals surface area contributed by atoms with Crippen molar-refractivity contribution in [1.82, 2.24) is 9.55 Å². The lowest BCUT2D eigenvalue weighted by atomic mass is 10.1. The summed E-state index contributed by atoms with van der Waals surface area (Å²) in [6.45, 7) is 3.67. The molecular weight excluding hydrogens is 186 g/mol. The third-order valence-corrected chi connectivity index (χ3v) is 2.33. The second-order valence-corrected chi connectivity index (χ2v) is 3.32. The predicted molar refractivity (Wildman–Crippen MR) is 60.7 cm³/mol. The topological polar surface area (TPSA) is 43.8 Å².